The van der Waals surface area contributed by atoms with Crippen LogP contribution in [0.4, 0.5) is 10.9 Å². The largest absolute Gasteiger partial charge is 0.279 e. The van der Waals surface area contributed by atoms with Crippen molar-refractivity contribution in [2.24, 2.45) is 10.2 Å². The summed E-state index contributed by atoms with van der Waals surface area (Å²) in [7, 11) is 0. The number of azo groups is 1. The zero-order valence-electron chi connectivity index (χ0n) is 16.1. The maximum absolute atomic E-state index is 12.3. The number of H-pyrrole nitrogens is 1. The summed E-state index contributed by atoms with van der Waals surface area (Å²) in [5.41, 5.74) is 8.59. The predicted octanol–water partition coefficient (Wildman–Crippen LogP) is 4.32. The van der Waals surface area contributed by atoms with Gasteiger partial charge in [0, 0.05) is 17.0 Å². The highest BCUT2D eigenvalue weighted by molar-refractivity contribution is 7.14. The lowest BCUT2D eigenvalue weighted by Crippen LogP contribution is -2.36. The lowest BCUT2D eigenvalue weighted by molar-refractivity contribution is -0.120. The smallest absolute Gasteiger partial charge is 0.276 e. The molecule has 1 atom stereocenters. The number of aromatic amines is 1. The Morgan fingerprint density at radius 3 is 2.52 bits per heavy atom. The number of nitriles is 1. The van der Waals surface area contributed by atoms with E-state index in [1.807, 2.05) is 72.1 Å². The van der Waals surface area contributed by atoms with E-state index in [0.29, 0.717) is 5.13 Å². The third-order valence-electron chi connectivity index (χ3n) is 4.16. The monoisotopic (exact) mass is 428 g/mol. The molecule has 0 aliphatic rings. The van der Waals surface area contributed by atoms with E-state index in [9.17, 15) is 10.1 Å². The molecule has 0 radical (unpaired) electrons. The fourth-order valence-corrected chi connectivity index (χ4v) is 3.31. The maximum atomic E-state index is 12.3. The minimum atomic E-state index is -1.34. The second-order valence-corrected chi connectivity index (χ2v) is 7.13. The maximum Gasteiger partial charge on any atom is 0.279 e. The molecule has 10 heteroatoms. The van der Waals surface area contributed by atoms with Crippen LogP contribution < -0.4 is 10.9 Å². The summed E-state index contributed by atoms with van der Waals surface area (Å²) in [4.78, 5) is 16.7. The summed E-state index contributed by atoms with van der Waals surface area (Å²) >= 11 is 1.33. The van der Waals surface area contributed by atoms with Crippen molar-refractivity contribution in [1.29, 1.82) is 5.26 Å². The number of hydrogen-bond donors (Lipinski definition) is 3. The summed E-state index contributed by atoms with van der Waals surface area (Å²) in [6.45, 7) is 0. The number of thiazole rings is 1. The Labute approximate surface area is 181 Å². The van der Waals surface area contributed by atoms with Gasteiger partial charge in [-0.1, -0.05) is 60.7 Å². The summed E-state index contributed by atoms with van der Waals surface area (Å²) in [5, 5.41) is 26.2. The molecular weight excluding hydrogens is 412 g/mol. The van der Waals surface area contributed by atoms with Gasteiger partial charge in [-0.15, -0.1) is 16.5 Å². The Kier molecular flexibility index (Phi) is 6.06. The number of rotatable bonds is 7. The van der Waals surface area contributed by atoms with Crippen molar-refractivity contribution >= 4 is 28.2 Å². The van der Waals surface area contributed by atoms with E-state index in [4.69, 9.17) is 0 Å². The Hall–Kier alpha value is -4.36. The van der Waals surface area contributed by atoms with E-state index < -0.39 is 11.9 Å². The molecule has 31 heavy (non-hydrogen) atoms. The van der Waals surface area contributed by atoms with Crippen molar-refractivity contribution in [2.45, 2.75) is 6.04 Å². The van der Waals surface area contributed by atoms with Gasteiger partial charge in [0.25, 0.3) is 5.91 Å². The summed E-state index contributed by atoms with van der Waals surface area (Å²) in [6, 6.07) is 21.4. The molecule has 2 aromatic heterocycles. The first-order valence-electron chi connectivity index (χ1n) is 9.21. The van der Waals surface area contributed by atoms with E-state index in [-0.39, 0.29) is 5.82 Å². The van der Waals surface area contributed by atoms with Gasteiger partial charge in [-0.25, -0.2) is 4.98 Å². The lowest BCUT2D eigenvalue weighted by atomic mass is 10.2. The number of amides is 1. The number of carbonyl (C=O) groups excluding carboxylic acids is 1. The fraction of sp³-hybridized carbons (Fsp3) is 0.0476. The zero-order chi connectivity index (χ0) is 21.5. The second kappa shape index (κ2) is 9.43. The highest BCUT2D eigenvalue weighted by Gasteiger charge is 2.17. The van der Waals surface area contributed by atoms with E-state index in [0.717, 1.165) is 22.5 Å². The molecule has 2 heterocycles. The van der Waals surface area contributed by atoms with Gasteiger partial charge >= 0.3 is 0 Å². The molecule has 3 N–H and O–H groups in total. The van der Waals surface area contributed by atoms with Crippen LogP contribution in [0.5, 0.6) is 0 Å². The van der Waals surface area contributed by atoms with Crippen molar-refractivity contribution in [3.05, 3.63) is 72.1 Å². The van der Waals surface area contributed by atoms with Crippen LogP contribution in [-0.2, 0) is 4.79 Å². The fourth-order valence-electron chi connectivity index (χ4n) is 2.64. The molecule has 1 amide bonds. The van der Waals surface area contributed by atoms with E-state index >= 15 is 0 Å². The SMILES string of the molecule is N#CC(N=Nc1cc(-c2ccccc2)[nH]n1)C(=O)NNc1nc(-c2ccccc2)cs1. The quantitative estimate of drug-likeness (QED) is 0.298. The summed E-state index contributed by atoms with van der Waals surface area (Å²) in [6.07, 6.45) is 0. The molecule has 2 aromatic carbocycles. The Balaban J connectivity index is 1.35. The molecular formula is C21H16N8OS. The first kappa shape index (κ1) is 19.9. The number of nitrogens with zero attached hydrogens (tertiary/aromatic N) is 5. The molecule has 0 spiro atoms. The molecule has 0 saturated heterocycles. The van der Waals surface area contributed by atoms with Crippen LogP contribution in [0.15, 0.2) is 82.3 Å². The Bertz CT molecular complexity index is 1230. The number of anilines is 1. The minimum absolute atomic E-state index is 0.271. The third-order valence-corrected chi connectivity index (χ3v) is 4.92. The van der Waals surface area contributed by atoms with Gasteiger partial charge in [0.1, 0.15) is 6.07 Å². The van der Waals surface area contributed by atoms with Crippen LogP contribution in [0.3, 0.4) is 0 Å². The number of carbonyl (C=O) groups is 1. The van der Waals surface area contributed by atoms with Crippen molar-refractivity contribution in [1.82, 2.24) is 20.6 Å². The average Bonchev–Trinajstić information content (AvgIpc) is 3.49. The summed E-state index contributed by atoms with van der Waals surface area (Å²) in [5.74, 6) is -0.381. The molecule has 0 saturated carbocycles. The standard InChI is InChI=1S/C21H16N8OS/c22-12-17(25-27-19-11-16(24-26-19)14-7-3-1-4-8-14)20(30)28-29-21-23-18(13-31-21)15-9-5-2-6-10-15/h1-11,13,17H,(H,23,29)(H,24,26)(H,28,30). The number of aromatic nitrogens is 3. The minimum Gasteiger partial charge on any atom is -0.276 e. The van der Waals surface area contributed by atoms with Gasteiger partial charge in [-0.3, -0.25) is 20.7 Å². The van der Waals surface area contributed by atoms with E-state index in [1.165, 1.54) is 11.3 Å². The zero-order valence-corrected chi connectivity index (χ0v) is 16.9. The van der Waals surface area contributed by atoms with E-state index in [1.54, 1.807) is 6.07 Å². The third kappa shape index (κ3) is 4.98. The van der Waals surface area contributed by atoms with Crippen LogP contribution in [0.25, 0.3) is 22.5 Å². The molecule has 0 fully saturated rings. The molecule has 1 unspecified atom stereocenters. The first-order valence-corrected chi connectivity index (χ1v) is 10.1. The number of benzene rings is 2. The van der Waals surface area contributed by atoms with Gasteiger partial charge in [0.05, 0.1) is 11.4 Å². The average molecular weight is 428 g/mol. The Morgan fingerprint density at radius 2 is 1.81 bits per heavy atom. The second-order valence-electron chi connectivity index (χ2n) is 6.27. The molecule has 0 aliphatic heterocycles. The van der Waals surface area contributed by atoms with E-state index in [2.05, 4.69) is 36.3 Å². The first-order chi connectivity index (χ1) is 15.2. The molecule has 0 bridgehead atoms. The topological polar surface area (TPSA) is 131 Å². The van der Waals surface area contributed by atoms with Crippen LogP contribution >= 0.6 is 11.3 Å². The van der Waals surface area contributed by atoms with Crippen molar-refractivity contribution < 1.29 is 4.79 Å². The lowest BCUT2D eigenvalue weighted by Gasteiger charge is -2.06. The normalized spacial score (nSPS) is 11.7. The van der Waals surface area contributed by atoms with Gasteiger partial charge in [0.15, 0.2) is 5.82 Å². The molecule has 9 nitrogen and oxygen atoms in total. The summed E-state index contributed by atoms with van der Waals surface area (Å²) < 4.78 is 0. The molecule has 152 valence electrons. The van der Waals surface area contributed by atoms with Crippen molar-refractivity contribution in [2.75, 3.05) is 5.43 Å². The van der Waals surface area contributed by atoms with Crippen LogP contribution in [0, 0.1) is 11.3 Å². The molecule has 4 rings (SSSR count). The van der Waals surface area contributed by atoms with Gasteiger partial charge in [-0.2, -0.15) is 15.5 Å². The number of hydrogen-bond acceptors (Lipinski definition) is 8. The number of nitrogens with one attached hydrogen (secondary N) is 3. The number of hydrazine groups is 1. The highest BCUT2D eigenvalue weighted by atomic mass is 32.1. The Morgan fingerprint density at radius 1 is 1.10 bits per heavy atom. The van der Waals surface area contributed by atoms with Crippen LogP contribution in [0.1, 0.15) is 0 Å². The van der Waals surface area contributed by atoms with Crippen LogP contribution in [-0.4, -0.2) is 27.1 Å². The van der Waals surface area contributed by atoms with Crippen molar-refractivity contribution in [3.8, 4) is 28.6 Å². The van der Waals surface area contributed by atoms with Crippen molar-refractivity contribution in [3.63, 3.8) is 0 Å². The molecule has 4 aromatic rings. The van der Waals surface area contributed by atoms with Gasteiger partial charge in [-0.05, 0) is 5.56 Å². The highest BCUT2D eigenvalue weighted by Crippen LogP contribution is 2.24. The van der Waals surface area contributed by atoms with Crippen LogP contribution in [0.2, 0.25) is 0 Å². The predicted molar refractivity (Wildman–Crippen MR) is 117 cm³/mol. The van der Waals surface area contributed by atoms with Gasteiger partial charge < -0.3 is 0 Å². The molecule has 0 aliphatic carbocycles. The van der Waals surface area contributed by atoms with Gasteiger partial charge in [0.2, 0.25) is 11.2 Å².